The molecule has 0 atom stereocenters. The smallest absolute Gasteiger partial charge is 0.457 e. The standard InChI is InChI=1S/C13H10F3NO3/c14-13(15,16)20-11-3-1-10(2-4-11)19-12-5-6-17-9(7-12)8-18/h1-7,18H,8H2. The molecule has 2 rings (SSSR count). The summed E-state index contributed by atoms with van der Waals surface area (Å²) in [5.74, 6) is 0.443. The molecule has 0 fully saturated rings. The number of pyridine rings is 1. The Kier molecular flexibility index (Phi) is 4.09. The molecule has 1 aromatic carbocycles. The predicted octanol–water partition coefficient (Wildman–Crippen LogP) is 3.26. The van der Waals surface area contributed by atoms with Crippen LogP contribution >= 0.6 is 0 Å². The van der Waals surface area contributed by atoms with E-state index in [9.17, 15) is 13.2 Å². The highest BCUT2D eigenvalue weighted by atomic mass is 19.4. The van der Waals surface area contributed by atoms with Gasteiger partial charge in [-0.2, -0.15) is 0 Å². The third-order valence-corrected chi connectivity index (χ3v) is 2.24. The second-order valence-electron chi connectivity index (χ2n) is 3.76. The Morgan fingerprint density at radius 3 is 2.25 bits per heavy atom. The molecular weight excluding hydrogens is 275 g/mol. The summed E-state index contributed by atoms with van der Waals surface area (Å²) >= 11 is 0. The Labute approximate surface area is 112 Å². The van der Waals surface area contributed by atoms with Crippen molar-refractivity contribution in [2.24, 2.45) is 0 Å². The van der Waals surface area contributed by atoms with Crippen LogP contribution in [0.15, 0.2) is 42.6 Å². The van der Waals surface area contributed by atoms with Crippen molar-refractivity contribution in [3.05, 3.63) is 48.3 Å². The van der Waals surface area contributed by atoms with E-state index in [1.807, 2.05) is 0 Å². The van der Waals surface area contributed by atoms with Gasteiger partial charge in [0.2, 0.25) is 0 Å². The van der Waals surface area contributed by atoms with Crippen LogP contribution in [-0.4, -0.2) is 16.5 Å². The SMILES string of the molecule is OCc1cc(Oc2ccc(OC(F)(F)F)cc2)ccn1. The van der Waals surface area contributed by atoms with Crippen molar-refractivity contribution in [3.63, 3.8) is 0 Å². The molecule has 0 aliphatic heterocycles. The average Bonchev–Trinajstić information content (AvgIpc) is 2.40. The van der Waals surface area contributed by atoms with Gasteiger partial charge in [-0.05, 0) is 30.3 Å². The van der Waals surface area contributed by atoms with Crippen LogP contribution in [-0.2, 0) is 6.61 Å². The van der Waals surface area contributed by atoms with E-state index in [0.717, 1.165) is 12.1 Å². The molecule has 1 heterocycles. The topological polar surface area (TPSA) is 51.6 Å². The van der Waals surface area contributed by atoms with Gasteiger partial charge in [0, 0.05) is 12.3 Å². The van der Waals surface area contributed by atoms with Gasteiger partial charge in [-0.25, -0.2) is 0 Å². The van der Waals surface area contributed by atoms with Crippen molar-refractivity contribution in [1.82, 2.24) is 4.98 Å². The van der Waals surface area contributed by atoms with Gasteiger partial charge in [-0.3, -0.25) is 4.98 Å². The fourth-order valence-corrected chi connectivity index (χ4v) is 1.45. The minimum Gasteiger partial charge on any atom is -0.457 e. The zero-order valence-electron chi connectivity index (χ0n) is 10.1. The molecule has 7 heteroatoms. The molecular formula is C13H10F3NO3. The Hall–Kier alpha value is -2.28. The summed E-state index contributed by atoms with van der Waals surface area (Å²) in [7, 11) is 0. The second-order valence-corrected chi connectivity index (χ2v) is 3.76. The Morgan fingerprint density at radius 2 is 1.65 bits per heavy atom. The Balaban J connectivity index is 2.06. The summed E-state index contributed by atoms with van der Waals surface area (Å²) in [4.78, 5) is 3.88. The number of benzene rings is 1. The lowest BCUT2D eigenvalue weighted by Gasteiger charge is -2.10. The molecule has 0 saturated carbocycles. The predicted molar refractivity (Wildman–Crippen MR) is 63.4 cm³/mol. The third-order valence-electron chi connectivity index (χ3n) is 2.24. The van der Waals surface area contributed by atoms with E-state index in [1.54, 1.807) is 6.07 Å². The summed E-state index contributed by atoms with van der Waals surface area (Å²) in [5.41, 5.74) is 0.430. The lowest BCUT2D eigenvalue weighted by Crippen LogP contribution is -2.16. The van der Waals surface area contributed by atoms with Crippen molar-refractivity contribution in [2.45, 2.75) is 13.0 Å². The number of aliphatic hydroxyl groups excluding tert-OH is 1. The fraction of sp³-hybridized carbons (Fsp3) is 0.154. The van der Waals surface area contributed by atoms with Crippen molar-refractivity contribution in [2.75, 3.05) is 0 Å². The monoisotopic (exact) mass is 285 g/mol. The first kappa shape index (κ1) is 14.1. The average molecular weight is 285 g/mol. The van der Waals surface area contributed by atoms with Crippen molar-refractivity contribution < 1.29 is 27.8 Å². The first-order valence-electron chi connectivity index (χ1n) is 5.56. The first-order valence-corrected chi connectivity index (χ1v) is 5.56. The number of hydrogen-bond acceptors (Lipinski definition) is 4. The number of rotatable bonds is 4. The fourth-order valence-electron chi connectivity index (χ4n) is 1.45. The summed E-state index contributed by atoms with van der Waals surface area (Å²) in [5, 5.41) is 8.93. The zero-order valence-corrected chi connectivity index (χ0v) is 10.1. The molecule has 20 heavy (non-hydrogen) atoms. The van der Waals surface area contributed by atoms with Gasteiger partial charge in [-0.1, -0.05) is 0 Å². The number of aromatic nitrogens is 1. The Bertz CT molecular complexity index is 570. The van der Waals surface area contributed by atoms with E-state index < -0.39 is 6.36 Å². The van der Waals surface area contributed by atoms with Gasteiger partial charge in [-0.15, -0.1) is 13.2 Å². The van der Waals surface area contributed by atoms with Crippen LogP contribution in [0, 0.1) is 0 Å². The number of hydrogen-bond donors (Lipinski definition) is 1. The van der Waals surface area contributed by atoms with Crippen LogP contribution in [0.1, 0.15) is 5.69 Å². The largest absolute Gasteiger partial charge is 0.573 e. The lowest BCUT2D eigenvalue weighted by atomic mass is 10.3. The number of halogens is 3. The first-order chi connectivity index (χ1) is 9.46. The molecule has 0 aliphatic rings. The van der Waals surface area contributed by atoms with E-state index in [2.05, 4.69) is 9.72 Å². The van der Waals surface area contributed by atoms with Crippen LogP contribution in [0.4, 0.5) is 13.2 Å². The minimum atomic E-state index is -4.72. The molecule has 0 amide bonds. The molecule has 0 bridgehead atoms. The summed E-state index contributed by atoms with van der Waals surface area (Å²) in [6.07, 6.45) is -3.26. The maximum atomic E-state index is 12.0. The highest BCUT2D eigenvalue weighted by molar-refractivity contribution is 5.35. The second kappa shape index (κ2) is 5.79. The number of alkyl halides is 3. The maximum absolute atomic E-state index is 12.0. The van der Waals surface area contributed by atoms with Crippen LogP contribution in [0.3, 0.4) is 0 Å². The van der Waals surface area contributed by atoms with Gasteiger partial charge in [0.1, 0.15) is 17.2 Å². The molecule has 4 nitrogen and oxygen atoms in total. The quantitative estimate of drug-likeness (QED) is 0.936. The molecule has 1 aromatic heterocycles. The summed E-state index contributed by atoms with van der Waals surface area (Å²) < 4.78 is 45.1. The van der Waals surface area contributed by atoms with E-state index in [4.69, 9.17) is 9.84 Å². The van der Waals surface area contributed by atoms with Crippen molar-refractivity contribution >= 4 is 0 Å². The lowest BCUT2D eigenvalue weighted by molar-refractivity contribution is -0.274. The van der Waals surface area contributed by atoms with E-state index >= 15 is 0 Å². The van der Waals surface area contributed by atoms with E-state index in [1.165, 1.54) is 24.4 Å². The van der Waals surface area contributed by atoms with Crippen molar-refractivity contribution in [3.8, 4) is 17.2 Å². The summed E-state index contributed by atoms with van der Waals surface area (Å²) in [6, 6.07) is 8.09. The van der Waals surface area contributed by atoms with Gasteiger partial charge in [0.05, 0.1) is 12.3 Å². The Morgan fingerprint density at radius 1 is 1.00 bits per heavy atom. The molecule has 0 saturated heterocycles. The highest BCUT2D eigenvalue weighted by Gasteiger charge is 2.30. The molecule has 1 N–H and O–H groups in total. The van der Waals surface area contributed by atoms with E-state index in [-0.39, 0.29) is 12.4 Å². The van der Waals surface area contributed by atoms with Gasteiger partial charge in [0.25, 0.3) is 0 Å². The molecule has 0 radical (unpaired) electrons. The molecule has 0 aliphatic carbocycles. The molecule has 0 spiro atoms. The van der Waals surface area contributed by atoms with Gasteiger partial charge in [0.15, 0.2) is 0 Å². The maximum Gasteiger partial charge on any atom is 0.573 e. The number of nitrogens with zero attached hydrogens (tertiary/aromatic N) is 1. The van der Waals surface area contributed by atoms with Crippen LogP contribution in [0.2, 0.25) is 0 Å². The van der Waals surface area contributed by atoms with Crippen LogP contribution in [0.25, 0.3) is 0 Å². The van der Waals surface area contributed by atoms with Crippen LogP contribution in [0.5, 0.6) is 17.2 Å². The summed E-state index contributed by atoms with van der Waals surface area (Å²) in [6.45, 7) is -0.227. The molecule has 2 aromatic rings. The minimum absolute atomic E-state index is 0.227. The molecule has 106 valence electrons. The third kappa shape index (κ3) is 4.13. The van der Waals surface area contributed by atoms with Crippen molar-refractivity contribution in [1.29, 1.82) is 0 Å². The normalized spacial score (nSPS) is 11.2. The number of aliphatic hydroxyl groups is 1. The van der Waals surface area contributed by atoms with Gasteiger partial charge >= 0.3 is 6.36 Å². The zero-order chi connectivity index (χ0) is 14.6. The van der Waals surface area contributed by atoms with E-state index in [0.29, 0.717) is 17.2 Å². The highest BCUT2D eigenvalue weighted by Crippen LogP contribution is 2.27. The molecule has 0 unspecified atom stereocenters. The van der Waals surface area contributed by atoms with Gasteiger partial charge < -0.3 is 14.6 Å². The van der Waals surface area contributed by atoms with Crippen LogP contribution < -0.4 is 9.47 Å². The number of ether oxygens (including phenoxy) is 2.